The summed E-state index contributed by atoms with van der Waals surface area (Å²) in [5.74, 6) is 0.564. The largest absolute Gasteiger partial charge is 0.426 e. The zero-order valence-corrected chi connectivity index (χ0v) is 14.1. The van der Waals surface area contributed by atoms with Crippen LogP contribution in [0.4, 0.5) is 0 Å². The molecular weight excluding hydrogens is 316 g/mol. The summed E-state index contributed by atoms with van der Waals surface area (Å²) in [6.45, 7) is 8.70. The van der Waals surface area contributed by atoms with Gasteiger partial charge in [-0.15, -0.1) is 0 Å². The second-order valence-electron chi connectivity index (χ2n) is 7.08. The van der Waals surface area contributed by atoms with Crippen molar-refractivity contribution < 1.29 is 9.53 Å². The van der Waals surface area contributed by atoms with Crippen LogP contribution in [0.3, 0.4) is 0 Å². The fourth-order valence-electron chi connectivity index (χ4n) is 4.21. The highest BCUT2D eigenvalue weighted by Gasteiger charge is 2.80. The van der Waals surface area contributed by atoms with Crippen LogP contribution in [-0.4, -0.2) is 10.8 Å². The van der Waals surface area contributed by atoms with Gasteiger partial charge in [0, 0.05) is 4.83 Å². The molecule has 1 aromatic carbocycles. The maximum Gasteiger partial charge on any atom is 0.319 e. The maximum atomic E-state index is 12.8. The van der Waals surface area contributed by atoms with Gasteiger partial charge in [0.1, 0.15) is 5.75 Å². The van der Waals surface area contributed by atoms with E-state index in [1.54, 1.807) is 0 Å². The first kappa shape index (κ1) is 14.1. The molecule has 2 nitrogen and oxygen atoms in total. The molecule has 0 amide bonds. The van der Waals surface area contributed by atoms with Crippen LogP contribution >= 0.6 is 15.9 Å². The number of halogens is 1. The van der Waals surface area contributed by atoms with Crippen LogP contribution < -0.4 is 4.74 Å². The summed E-state index contributed by atoms with van der Waals surface area (Å²) < 4.78 is 5.68. The van der Waals surface area contributed by atoms with Gasteiger partial charge in [-0.05, 0) is 42.7 Å². The molecule has 3 atom stereocenters. The number of ether oxygens (including phenoxy) is 1. The van der Waals surface area contributed by atoms with Crippen molar-refractivity contribution in [1.29, 1.82) is 0 Å². The molecule has 0 spiro atoms. The molecule has 0 aliphatic heterocycles. The first-order valence-corrected chi connectivity index (χ1v) is 8.10. The molecule has 3 saturated carbocycles. The average Bonchev–Trinajstić information content (AvgIpc) is 2.80. The van der Waals surface area contributed by atoms with E-state index in [0.29, 0.717) is 5.75 Å². The minimum absolute atomic E-state index is 0.0179. The lowest BCUT2D eigenvalue weighted by atomic mass is 9.43. The van der Waals surface area contributed by atoms with Crippen LogP contribution in [0.1, 0.15) is 39.2 Å². The van der Waals surface area contributed by atoms with Gasteiger partial charge >= 0.3 is 5.97 Å². The summed E-state index contributed by atoms with van der Waals surface area (Å²) in [6, 6.07) is 7.67. The molecule has 3 aliphatic carbocycles. The normalized spacial score (nSPS) is 37.4. The van der Waals surface area contributed by atoms with Crippen LogP contribution in [0.2, 0.25) is 0 Å². The number of hydrogen-bond acceptors (Lipinski definition) is 2. The average molecular weight is 337 g/mol. The quantitative estimate of drug-likeness (QED) is 0.451. The van der Waals surface area contributed by atoms with E-state index in [0.717, 1.165) is 12.8 Å². The lowest BCUT2D eigenvalue weighted by Gasteiger charge is -2.63. The van der Waals surface area contributed by atoms with Crippen molar-refractivity contribution in [2.45, 2.75) is 45.4 Å². The summed E-state index contributed by atoms with van der Waals surface area (Å²) in [6.07, 6.45) is 2.00. The van der Waals surface area contributed by atoms with Gasteiger partial charge in [-0.1, -0.05) is 54.4 Å². The fraction of sp³-hybridized carbons (Fsp3) is 0.588. The Balaban J connectivity index is 1.86. The van der Waals surface area contributed by atoms with Gasteiger partial charge in [-0.25, -0.2) is 0 Å². The predicted octanol–water partition coefficient (Wildman–Crippen LogP) is 4.49. The number of alkyl halides is 1. The Hall–Kier alpha value is -0.830. The van der Waals surface area contributed by atoms with Crippen LogP contribution in [0.5, 0.6) is 5.75 Å². The van der Waals surface area contributed by atoms with Crippen molar-refractivity contribution in [3.05, 3.63) is 29.8 Å². The first-order chi connectivity index (χ1) is 9.25. The Morgan fingerprint density at radius 2 is 1.80 bits per heavy atom. The van der Waals surface area contributed by atoms with Crippen LogP contribution in [0, 0.1) is 23.2 Å². The van der Waals surface area contributed by atoms with E-state index in [4.69, 9.17) is 4.74 Å². The number of benzene rings is 1. The van der Waals surface area contributed by atoms with Crippen molar-refractivity contribution in [2.24, 2.45) is 16.2 Å². The molecule has 0 heterocycles. The number of fused-ring (bicyclic) bond motifs is 1. The van der Waals surface area contributed by atoms with E-state index in [2.05, 4.69) is 36.7 Å². The number of carbonyl (C=O) groups is 1. The molecule has 0 radical (unpaired) electrons. The smallest absolute Gasteiger partial charge is 0.319 e. The Kier molecular flexibility index (Phi) is 2.89. The molecule has 108 valence electrons. The minimum Gasteiger partial charge on any atom is -0.426 e. The molecular formula is C17H21BrO2. The Bertz CT molecular complexity index is 563. The van der Waals surface area contributed by atoms with Crippen molar-refractivity contribution in [2.75, 3.05) is 0 Å². The molecule has 3 aliphatic rings. The summed E-state index contributed by atoms with van der Waals surface area (Å²) in [4.78, 5) is 13.0. The molecule has 3 fully saturated rings. The topological polar surface area (TPSA) is 26.3 Å². The van der Waals surface area contributed by atoms with Crippen LogP contribution in [0.15, 0.2) is 24.3 Å². The van der Waals surface area contributed by atoms with Gasteiger partial charge < -0.3 is 4.74 Å². The lowest BCUT2D eigenvalue weighted by molar-refractivity contribution is -0.176. The van der Waals surface area contributed by atoms with Crippen molar-refractivity contribution in [1.82, 2.24) is 0 Å². The number of rotatable bonds is 2. The van der Waals surface area contributed by atoms with E-state index in [-0.39, 0.29) is 27.0 Å². The fourth-order valence-corrected chi connectivity index (χ4v) is 6.00. The van der Waals surface area contributed by atoms with E-state index < -0.39 is 0 Å². The molecule has 3 heteroatoms. The van der Waals surface area contributed by atoms with Gasteiger partial charge in [0.25, 0.3) is 0 Å². The Morgan fingerprint density at radius 3 is 2.25 bits per heavy atom. The summed E-state index contributed by atoms with van der Waals surface area (Å²) >= 11 is 3.77. The van der Waals surface area contributed by atoms with E-state index in [1.807, 2.05) is 31.2 Å². The maximum absolute atomic E-state index is 12.8. The molecule has 20 heavy (non-hydrogen) atoms. The third-order valence-corrected chi connectivity index (χ3v) is 7.96. The highest BCUT2D eigenvalue weighted by atomic mass is 79.9. The monoisotopic (exact) mass is 336 g/mol. The molecule has 4 rings (SSSR count). The van der Waals surface area contributed by atoms with E-state index in [9.17, 15) is 4.79 Å². The van der Waals surface area contributed by atoms with Gasteiger partial charge in [0.15, 0.2) is 0 Å². The van der Waals surface area contributed by atoms with Gasteiger partial charge in [0.2, 0.25) is 0 Å². The second-order valence-corrected chi connectivity index (χ2v) is 7.99. The van der Waals surface area contributed by atoms with E-state index in [1.165, 1.54) is 5.56 Å². The first-order valence-electron chi connectivity index (χ1n) is 7.19. The third-order valence-electron chi connectivity index (χ3n) is 6.17. The number of carbonyl (C=O) groups excluding carboxylic acids is 1. The van der Waals surface area contributed by atoms with Gasteiger partial charge in [0.05, 0.1) is 5.41 Å². The highest BCUT2D eigenvalue weighted by molar-refractivity contribution is 9.09. The number of aryl methyl sites for hydroxylation is 1. The van der Waals surface area contributed by atoms with Crippen LogP contribution in [-0.2, 0) is 4.79 Å². The second kappa shape index (κ2) is 4.09. The molecule has 0 N–H and O–H groups in total. The molecule has 2 bridgehead atoms. The number of hydrogen-bond donors (Lipinski definition) is 0. The standard InChI is InChI=1S/C17H21BrO2/c1-11-5-7-12(8-6-11)20-14(19)17-10-9-16(4,13(17)18)15(17,2)3/h5-8,13H,9-10H2,1-4H3. The molecule has 0 aromatic heterocycles. The Morgan fingerprint density at radius 1 is 1.20 bits per heavy atom. The zero-order valence-electron chi connectivity index (χ0n) is 12.5. The van der Waals surface area contributed by atoms with Gasteiger partial charge in [-0.3, -0.25) is 4.79 Å². The lowest BCUT2D eigenvalue weighted by Crippen LogP contribution is -2.68. The van der Waals surface area contributed by atoms with Crippen molar-refractivity contribution >= 4 is 21.9 Å². The predicted molar refractivity (Wildman–Crippen MR) is 83.1 cm³/mol. The van der Waals surface area contributed by atoms with Crippen LogP contribution in [0.25, 0.3) is 0 Å². The SMILES string of the molecule is Cc1ccc(OC(=O)C23CCC(C)(C2Br)C3(C)C)cc1. The van der Waals surface area contributed by atoms with E-state index >= 15 is 0 Å². The summed E-state index contributed by atoms with van der Waals surface area (Å²) in [5, 5.41) is 0. The molecule has 3 unspecified atom stereocenters. The summed E-state index contributed by atoms with van der Waals surface area (Å²) in [7, 11) is 0. The zero-order chi connectivity index (χ0) is 14.8. The summed E-state index contributed by atoms with van der Waals surface area (Å²) in [5.41, 5.74) is 0.959. The molecule has 0 saturated heterocycles. The van der Waals surface area contributed by atoms with Gasteiger partial charge in [-0.2, -0.15) is 0 Å². The number of esters is 1. The van der Waals surface area contributed by atoms with Crippen molar-refractivity contribution in [3.8, 4) is 5.75 Å². The minimum atomic E-state index is -0.382. The Labute approximate surface area is 129 Å². The van der Waals surface area contributed by atoms with Crippen molar-refractivity contribution in [3.63, 3.8) is 0 Å². The third kappa shape index (κ3) is 1.42. The molecule has 1 aromatic rings. The highest BCUT2D eigenvalue weighted by Crippen LogP contribution is 2.79.